The Morgan fingerprint density at radius 2 is 1.97 bits per heavy atom. The van der Waals surface area contributed by atoms with Gasteiger partial charge in [0.2, 0.25) is 5.91 Å². The lowest BCUT2D eigenvalue weighted by Gasteiger charge is -2.25. The molecule has 8 nitrogen and oxygen atoms in total. The minimum atomic E-state index is -4.76. The van der Waals surface area contributed by atoms with Crippen molar-refractivity contribution in [3.05, 3.63) is 94.6 Å². The highest BCUT2D eigenvalue weighted by Crippen LogP contribution is 2.47. The molecule has 0 saturated heterocycles. The van der Waals surface area contributed by atoms with Crippen LogP contribution in [0.25, 0.3) is 0 Å². The van der Waals surface area contributed by atoms with Crippen LogP contribution in [0.15, 0.2) is 72.9 Å². The Bertz CT molecular complexity index is 1330. The van der Waals surface area contributed by atoms with Crippen LogP contribution < -0.4 is 10.2 Å². The Morgan fingerprint density at radius 1 is 1.19 bits per heavy atom. The average molecular weight is 529 g/mol. The van der Waals surface area contributed by atoms with Gasteiger partial charge in [0, 0.05) is 34.1 Å². The molecule has 2 amide bonds. The number of amides is 2. The molecule has 0 saturated carbocycles. The van der Waals surface area contributed by atoms with Crippen LogP contribution in [0, 0.1) is 12.8 Å². The second-order valence-corrected chi connectivity index (χ2v) is 10.3. The lowest BCUT2D eigenvalue weighted by Crippen LogP contribution is -2.32. The number of rotatable bonds is 5. The number of phosphoric acid groups is 1. The van der Waals surface area contributed by atoms with Gasteiger partial charge < -0.3 is 20.0 Å². The molecule has 0 bridgehead atoms. The predicted octanol–water partition coefficient (Wildman–Crippen LogP) is 5.48. The van der Waals surface area contributed by atoms with Gasteiger partial charge in [-0.25, -0.2) is 4.57 Å². The summed E-state index contributed by atoms with van der Waals surface area (Å²) in [5.41, 5.74) is 3.27. The van der Waals surface area contributed by atoms with Gasteiger partial charge in [0.15, 0.2) is 0 Å². The molecule has 0 spiro atoms. The zero-order chi connectivity index (χ0) is 26.0. The van der Waals surface area contributed by atoms with E-state index in [4.69, 9.17) is 16.1 Å². The lowest BCUT2D eigenvalue weighted by molar-refractivity contribution is -0.117. The first-order valence-electron chi connectivity index (χ1n) is 11.3. The Balaban J connectivity index is 1.59. The highest BCUT2D eigenvalue weighted by Gasteiger charge is 2.32. The third kappa shape index (κ3) is 5.86. The van der Waals surface area contributed by atoms with Gasteiger partial charge in [-0.05, 0) is 67.3 Å². The molecule has 10 heteroatoms. The zero-order valence-corrected chi connectivity index (χ0v) is 21.2. The number of carbonyl (C=O) groups excluding carboxylic acids is 2. The van der Waals surface area contributed by atoms with E-state index < -0.39 is 19.8 Å². The van der Waals surface area contributed by atoms with Crippen LogP contribution in [0.1, 0.15) is 40.4 Å². The summed E-state index contributed by atoms with van der Waals surface area (Å²) in [6.07, 6.45) is 7.05. The number of anilines is 2. The van der Waals surface area contributed by atoms with Gasteiger partial charge in [-0.3, -0.25) is 14.1 Å². The highest BCUT2D eigenvalue weighted by molar-refractivity contribution is 7.46. The summed E-state index contributed by atoms with van der Waals surface area (Å²) in [6, 6.07) is 9.90. The molecular weight excluding hydrogens is 503 g/mol. The smallest absolute Gasteiger partial charge is 0.325 e. The van der Waals surface area contributed by atoms with Crippen LogP contribution in [0.2, 0.25) is 5.02 Å². The van der Waals surface area contributed by atoms with E-state index in [-0.39, 0.29) is 11.8 Å². The van der Waals surface area contributed by atoms with Crippen molar-refractivity contribution in [3.63, 3.8) is 0 Å². The third-order valence-corrected chi connectivity index (χ3v) is 6.88. The van der Waals surface area contributed by atoms with Gasteiger partial charge in [0.05, 0.1) is 12.0 Å². The molecule has 2 atom stereocenters. The highest BCUT2D eigenvalue weighted by atomic mass is 35.5. The summed E-state index contributed by atoms with van der Waals surface area (Å²) in [7, 11) is -4.76. The van der Waals surface area contributed by atoms with Crippen molar-refractivity contribution in [1.82, 2.24) is 0 Å². The number of fused-ring (bicyclic) bond motifs is 1. The van der Waals surface area contributed by atoms with Crippen LogP contribution in [0.4, 0.5) is 11.4 Å². The summed E-state index contributed by atoms with van der Waals surface area (Å²) < 4.78 is 16.6. The number of aryl methyl sites for hydroxylation is 1. The summed E-state index contributed by atoms with van der Waals surface area (Å²) in [4.78, 5) is 46.6. The number of hydrogen-bond acceptors (Lipinski definition) is 4. The van der Waals surface area contributed by atoms with E-state index in [2.05, 4.69) is 11.9 Å². The van der Waals surface area contributed by atoms with Gasteiger partial charge in [0.25, 0.3) is 5.91 Å². The maximum Gasteiger partial charge on any atom is 0.470 e. The Labute approximate surface area is 214 Å². The van der Waals surface area contributed by atoms with Crippen LogP contribution >= 0.6 is 19.4 Å². The van der Waals surface area contributed by atoms with E-state index in [1.165, 1.54) is 0 Å². The molecule has 1 aliphatic carbocycles. The van der Waals surface area contributed by atoms with Crippen molar-refractivity contribution >= 4 is 42.6 Å². The van der Waals surface area contributed by atoms with Crippen LogP contribution in [0.5, 0.6) is 0 Å². The van der Waals surface area contributed by atoms with Gasteiger partial charge in [0.1, 0.15) is 0 Å². The molecule has 2 aliphatic rings. The SMILES string of the molecule is C=C1C=CC=CC1C(=O)Nc1ccc(C(=O)N2CCCC(OP(=O)(O)O)c3cc(Cl)ccc32)c(C)c1. The van der Waals surface area contributed by atoms with Crippen LogP contribution in [-0.2, 0) is 13.9 Å². The average Bonchev–Trinajstić information content (AvgIpc) is 2.97. The fraction of sp³-hybridized carbons (Fsp3) is 0.231. The van der Waals surface area contributed by atoms with Gasteiger partial charge >= 0.3 is 7.82 Å². The third-order valence-electron chi connectivity index (χ3n) is 6.12. The number of halogens is 1. The summed E-state index contributed by atoms with van der Waals surface area (Å²) in [5, 5.41) is 3.24. The topological polar surface area (TPSA) is 116 Å². The standard InChI is InChI=1S/C26H26ClN2O6P/c1-16-6-3-4-7-20(16)25(30)28-19-10-11-21(17(2)14-19)26(31)29-13-5-8-24(35-36(32,33)34)22-15-18(27)9-12-23(22)29/h3-4,6-7,9-12,14-15,20,24H,1,5,8,13H2,2H3,(H,28,30)(H2,32,33,34). The normalized spacial score (nSPS) is 19.6. The van der Waals surface area contributed by atoms with Crippen LogP contribution in [0.3, 0.4) is 0 Å². The van der Waals surface area contributed by atoms with Gasteiger partial charge in [-0.2, -0.15) is 0 Å². The number of carbonyl (C=O) groups is 2. The van der Waals surface area contributed by atoms with Crippen molar-refractivity contribution < 1.29 is 28.5 Å². The maximum absolute atomic E-state index is 13.6. The summed E-state index contributed by atoms with van der Waals surface area (Å²) in [6.45, 7) is 6.02. The Morgan fingerprint density at radius 3 is 2.67 bits per heavy atom. The zero-order valence-electron chi connectivity index (χ0n) is 19.6. The monoisotopic (exact) mass is 528 g/mol. The van der Waals surface area contributed by atoms with Crippen molar-refractivity contribution in [3.8, 4) is 0 Å². The molecule has 0 aromatic heterocycles. The van der Waals surface area contributed by atoms with Gasteiger partial charge in [-0.1, -0.05) is 42.5 Å². The summed E-state index contributed by atoms with van der Waals surface area (Å²) >= 11 is 6.16. The molecule has 1 aliphatic heterocycles. The largest absolute Gasteiger partial charge is 0.470 e. The van der Waals surface area contributed by atoms with Crippen molar-refractivity contribution in [1.29, 1.82) is 0 Å². The van der Waals surface area contributed by atoms with E-state index in [1.807, 2.05) is 6.08 Å². The first kappa shape index (κ1) is 26.1. The first-order valence-corrected chi connectivity index (χ1v) is 13.2. The molecule has 2 aromatic rings. The van der Waals surface area contributed by atoms with E-state index in [9.17, 15) is 23.9 Å². The minimum absolute atomic E-state index is 0.214. The number of hydrogen-bond donors (Lipinski definition) is 3. The Hall–Kier alpha value is -3.00. The molecule has 36 heavy (non-hydrogen) atoms. The minimum Gasteiger partial charge on any atom is -0.325 e. The molecule has 0 fully saturated rings. The molecule has 2 unspecified atom stereocenters. The molecule has 2 aromatic carbocycles. The number of phosphoric ester groups is 1. The number of allylic oxidation sites excluding steroid dienone is 3. The predicted molar refractivity (Wildman–Crippen MR) is 139 cm³/mol. The lowest BCUT2D eigenvalue weighted by atomic mass is 9.95. The van der Waals surface area contributed by atoms with E-state index in [1.54, 1.807) is 66.4 Å². The van der Waals surface area contributed by atoms with E-state index >= 15 is 0 Å². The van der Waals surface area contributed by atoms with E-state index in [0.717, 1.165) is 0 Å². The second kappa shape index (κ2) is 10.5. The Kier molecular flexibility index (Phi) is 7.64. The molecule has 3 N–H and O–H groups in total. The van der Waals surface area contributed by atoms with Gasteiger partial charge in [-0.15, -0.1) is 0 Å². The van der Waals surface area contributed by atoms with Crippen LogP contribution in [-0.4, -0.2) is 28.1 Å². The second-order valence-electron chi connectivity index (χ2n) is 8.70. The molecule has 1 heterocycles. The fourth-order valence-corrected chi connectivity index (χ4v) is 5.14. The van der Waals surface area contributed by atoms with E-state index in [0.29, 0.717) is 58.0 Å². The molecule has 0 radical (unpaired) electrons. The van der Waals surface area contributed by atoms with Crippen molar-refractivity contribution in [2.75, 3.05) is 16.8 Å². The molecule has 188 valence electrons. The fourth-order valence-electron chi connectivity index (χ4n) is 4.41. The maximum atomic E-state index is 13.6. The number of nitrogens with one attached hydrogen (secondary N) is 1. The quantitative estimate of drug-likeness (QED) is 0.443. The number of benzene rings is 2. The molecule has 4 rings (SSSR count). The van der Waals surface area contributed by atoms with Crippen molar-refractivity contribution in [2.24, 2.45) is 5.92 Å². The summed E-state index contributed by atoms with van der Waals surface area (Å²) in [5.74, 6) is -0.951. The van der Waals surface area contributed by atoms with Crippen molar-refractivity contribution in [2.45, 2.75) is 25.9 Å². The first-order chi connectivity index (χ1) is 17.0. The molecular formula is C26H26ClN2O6P. The number of nitrogens with zero attached hydrogens (tertiary/aromatic N) is 1.